The molecule has 0 bridgehead atoms. The first kappa shape index (κ1) is 21.1. The summed E-state index contributed by atoms with van der Waals surface area (Å²) in [6.45, 7) is 1.13. The Bertz CT molecular complexity index is 1250. The number of rotatable bonds is 6. The Morgan fingerprint density at radius 1 is 1.16 bits per heavy atom. The number of pyridine rings is 1. The van der Waals surface area contributed by atoms with Crippen molar-refractivity contribution >= 4 is 27.5 Å². The first-order chi connectivity index (χ1) is 15.3. The predicted octanol–water partition coefficient (Wildman–Crippen LogP) is 2.09. The number of fused-ring (bicyclic) bond motifs is 1. The van der Waals surface area contributed by atoms with E-state index >= 15 is 0 Å². The van der Waals surface area contributed by atoms with E-state index in [2.05, 4.69) is 15.3 Å². The Kier molecular flexibility index (Phi) is 5.07. The molecule has 5 rings (SSSR count). The lowest BCUT2D eigenvalue weighted by molar-refractivity contribution is 0.0946. The Morgan fingerprint density at radius 2 is 1.88 bits per heavy atom. The van der Waals surface area contributed by atoms with Crippen molar-refractivity contribution in [3.63, 3.8) is 0 Å². The maximum atomic E-state index is 13.0. The van der Waals surface area contributed by atoms with Gasteiger partial charge >= 0.3 is 0 Å². The summed E-state index contributed by atoms with van der Waals surface area (Å²) >= 11 is 5.92. The smallest absolute Gasteiger partial charge is 0.262 e. The molecule has 1 amide bonds. The number of aryl methyl sites for hydroxylation is 1. The number of halogens is 1. The highest BCUT2D eigenvalue weighted by Gasteiger charge is 2.70. The van der Waals surface area contributed by atoms with Crippen molar-refractivity contribution in [2.24, 2.45) is 18.9 Å². The number of nitrogens with one attached hydrogen (secondary N) is 1. The van der Waals surface area contributed by atoms with E-state index < -0.39 is 10.0 Å². The molecule has 2 unspecified atom stereocenters. The molecule has 8 nitrogen and oxygen atoms in total. The number of nitrogens with zero attached hydrogens (tertiary/aromatic N) is 4. The van der Waals surface area contributed by atoms with Crippen molar-refractivity contribution < 1.29 is 13.2 Å². The van der Waals surface area contributed by atoms with E-state index in [1.807, 2.05) is 18.2 Å². The summed E-state index contributed by atoms with van der Waals surface area (Å²) in [7, 11) is -1.91. The number of amides is 1. The molecule has 1 saturated heterocycles. The van der Waals surface area contributed by atoms with Gasteiger partial charge in [-0.1, -0.05) is 17.7 Å². The van der Waals surface area contributed by atoms with Crippen molar-refractivity contribution in [1.82, 2.24) is 24.2 Å². The molecule has 3 heterocycles. The Morgan fingerprint density at radius 3 is 2.47 bits per heavy atom. The van der Waals surface area contributed by atoms with Gasteiger partial charge in [0.05, 0.1) is 6.33 Å². The molecule has 0 radical (unpaired) electrons. The first-order valence-electron chi connectivity index (χ1n) is 10.3. The fraction of sp³-hybridized carbons (Fsp3) is 0.318. The molecule has 0 spiro atoms. The minimum atomic E-state index is -3.65. The van der Waals surface area contributed by atoms with E-state index in [0.29, 0.717) is 30.2 Å². The molecule has 32 heavy (non-hydrogen) atoms. The maximum absolute atomic E-state index is 13.0. The summed E-state index contributed by atoms with van der Waals surface area (Å²) in [6, 6.07) is 12.4. The van der Waals surface area contributed by atoms with E-state index in [1.165, 1.54) is 16.8 Å². The predicted molar refractivity (Wildman–Crippen MR) is 119 cm³/mol. The Labute approximate surface area is 191 Å². The molecule has 2 atom stereocenters. The lowest BCUT2D eigenvalue weighted by Crippen LogP contribution is -2.41. The van der Waals surface area contributed by atoms with E-state index in [9.17, 15) is 13.2 Å². The van der Waals surface area contributed by atoms with Crippen LogP contribution in [-0.2, 0) is 22.5 Å². The zero-order chi connectivity index (χ0) is 22.5. The Balaban J connectivity index is 1.36. The van der Waals surface area contributed by atoms with Crippen LogP contribution in [0.15, 0.2) is 66.2 Å². The summed E-state index contributed by atoms with van der Waals surface area (Å²) in [5.74, 6) is -0.0530. The highest BCUT2D eigenvalue weighted by Crippen LogP contribution is 2.63. The number of hydrogen-bond acceptors (Lipinski definition) is 5. The minimum absolute atomic E-state index is 0.0563. The van der Waals surface area contributed by atoms with Gasteiger partial charge in [0.1, 0.15) is 0 Å². The number of piperidine rings is 1. The zero-order valence-corrected chi connectivity index (χ0v) is 18.9. The average molecular weight is 472 g/mol. The number of benzene rings is 1. The van der Waals surface area contributed by atoms with Crippen LogP contribution in [0, 0.1) is 11.8 Å². The van der Waals surface area contributed by atoms with Crippen LogP contribution in [0.25, 0.3) is 0 Å². The van der Waals surface area contributed by atoms with Crippen molar-refractivity contribution in [3.05, 3.63) is 77.5 Å². The van der Waals surface area contributed by atoms with Gasteiger partial charge in [0.2, 0.25) is 0 Å². The quantitative estimate of drug-likeness (QED) is 0.593. The summed E-state index contributed by atoms with van der Waals surface area (Å²) in [5.41, 5.74) is 1.01. The number of aromatic nitrogens is 3. The molecule has 166 valence electrons. The second-order valence-electron chi connectivity index (χ2n) is 8.36. The number of sulfonamides is 1. The van der Waals surface area contributed by atoms with Gasteiger partial charge < -0.3 is 9.88 Å². The molecule has 2 aliphatic rings. The number of imidazole rings is 1. The van der Waals surface area contributed by atoms with Crippen LogP contribution in [0.4, 0.5) is 0 Å². The molecule has 1 aromatic carbocycles. The lowest BCUT2D eigenvalue weighted by atomic mass is 9.94. The van der Waals surface area contributed by atoms with E-state index in [0.717, 1.165) is 5.69 Å². The van der Waals surface area contributed by atoms with Crippen molar-refractivity contribution in [1.29, 1.82) is 0 Å². The average Bonchev–Trinajstić information content (AvgIpc) is 3.13. The van der Waals surface area contributed by atoms with Gasteiger partial charge in [-0.15, -0.1) is 0 Å². The van der Waals surface area contributed by atoms with Crippen LogP contribution < -0.4 is 5.32 Å². The minimum Gasteiger partial charge on any atom is -0.351 e. The van der Waals surface area contributed by atoms with E-state index in [1.54, 1.807) is 42.1 Å². The number of carbonyl (C=O) groups is 1. The summed E-state index contributed by atoms with van der Waals surface area (Å²) < 4.78 is 29.1. The highest BCUT2D eigenvalue weighted by atomic mass is 35.5. The topological polar surface area (TPSA) is 97.2 Å². The summed E-state index contributed by atoms with van der Waals surface area (Å²) in [5, 5.41) is 3.65. The van der Waals surface area contributed by atoms with Gasteiger partial charge in [-0.05, 0) is 48.2 Å². The van der Waals surface area contributed by atoms with Crippen molar-refractivity contribution in [3.8, 4) is 0 Å². The molecule has 1 aliphatic carbocycles. The fourth-order valence-corrected chi connectivity index (χ4v) is 6.43. The maximum Gasteiger partial charge on any atom is 0.262 e. The number of hydrogen-bond donors (Lipinski definition) is 1. The van der Waals surface area contributed by atoms with Crippen LogP contribution in [0.3, 0.4) is 0 Å². The normalized spacial score (nSPS) is 24.8. The lowest BCUT2D eigenvalue weighted by Gasteiger charge is -2.26. The van der Waals surface area contributed by atoms with Crippen molar-refractivity contribution in [2.75, 3.05) is 19.6 Å². The van der Waals surface area contributed by atoms with Crippen LogP contribution in [-0.4, -0.2) is 52.8 Å². The molecule has 1 N–H and O–H groups in total. The third kappa shape index (κ3) is 3.41. The van der Waals surface area contributed by atoms with Gasteiger partial charge in [-0.3, -0.25) is 9.78 Å². The SMILES string of the molecule is Cn1cnc(S(=O)(=O)N2CC3C(C2)C3(CNC(=O)c2ccc(Cl)cc2)c2ccccn2)c1. The zero-order valence-electron chi connectivity index (χ0n) is 17.3. The first-order valence-corrected chi connectivity index (χ1v) is 12.1. The van der Waals surface area contributed by atoms with Gasteiger partial charge in [0.15, 0.2) is 5.03 Å². The highest BCUT2D eigenvalue weighted by molar-refractivity contribution is 7.89. The molecule has 2 aromatic heterocycles. The third-order valence-corrected chi connectivity index (χ3v) is 8.54. The summed E-state index contributed by atoms with van der Waals surface area (Å²) in [6.07, 6.45) is 4.72. The standard InChI is InChI=1S/C22H22ClN5O3S/c1-27-12-20(26-14-27)32(30,31)28-10-17-18(11-28)22(17,19-4-2-3-9-24-19)13-25-21(29)15-5-7-16(23)8-6-15/h2-9,12,14,17-18H,10-11,13H2,1H3,(H,25,29). The van der Waals surface area contributed by atoms with Gasteiger partial charge in [-0.25, -0.2) is 13.4 Å². The summed E-state index contributed by atoms with van der Waals surface area (Å²) in [4.78, 5) is 21.3. The molecule has 1 aliphatic heterocycles. The fourth-order valence-electron chi connectivity index (χ4n) is 4.85. The van der Waals surface area contributed by atoms with Crippen LogP contribution in [0.5, 0.6) is 0 Å². The van der Waals surface area contributed by atoms with Gasteiger partial charge in [0.25, 0.3) is 15.9 Å². The number of carbonyl (C=O) groups excluding carboxylic acids is 1. The largest absolute Gasteiger partial charge is 0.351 e. The van der Waals surface area contributed by atoms with Gasteiger partial charge in [-0.2, -0.15) is 4.31 Å². The van der Waals surface area contributed by atoms with Crippen LogP contribution in [0.1, 0.15) is 16.1 Å². The van der Waals surface area contributed by atoms with E-state index in [4.69, 9.17) is 11.6 Å². The second kappa shape index (κ2) is 7.68. The van der Waals surface area contributed by atoms with Crippen LogP contribution >= 0.6 is 11.6 Å². The molecule has 10 heteroatoms. The Hall–Kier alpha value is -2.75. The molecular weight excluding hydrogens is 450 g/mol. The van der Waals surface area contributed by atoms with Crippen LogP contribution in [0.2, 0.25) is 5.02 Å². The molecular formula is C22H22ClN5O3S. The molecule has 2 fully saturated rings. The third-order valence-electron chi connectivity index (χ3n) is 6.58. The molecule has 1 saturated carbocycles. The molecule has 3 aromatic rings. The van der Waals surface area contributed by atoms with E-state index in [-0.39, 0.29) is 28.2 Å². The monoisotopic (exact) mass is 471 g/mol. The van der Waals surface area contributed by atoms with Crippen molar-refractivity contribution in [2.45, 2.75) is 10.4 Å². The van der Waals surface area contributed by atoms with Gasteiger partial charge in [0, 0.05) is 60.8 Å². The second-order valence-corrected chi connectivity index (χ2v) is 10.7.